The molecule has 1 aliphatic rings. The quantitative estimate of drug-likeness (QED) is 0.793. The number of hydrogen-bond acceptors (Lipinski definition) is 4. The summed E-state index contributed by atoms with van der Waals surface area (Å²) in [5, 5.41) is 13.5. The van der Waals surface area contributed by atoms with Crippen LogP contribution in [-0.4, -0.2) is 48.6 Å². The molecule has 2 aromatic rings. The number of anilines is 1. The second kappa shape index (κ2) is 8.83. The Balaban J connectivity index is 1.48. The number of amides is 1. The van der Waals surface area contributed by atoms with Gasteiger partial charge in [0.2, 0.25) is 5.91 Å². The van der Waals surface area contributed by atoms with Crippen LogP contribution in [0.1, 0.15) is 18.5 Å². The van der Waals surface area contributed by atoms with Gasteiger partial charge in [-0.2, -0.15) is 0 Å². The van der Waals surface area contributed by atoms with Gasteiger partial charge in [-0.25, -0.2) is 0 Å². The van der Waals surface area contributed by atoms with E-state index in [1.54, 1.807) is 24.3 Å². The number of phenols is 1. The molecule has 0 spiro atoms. The Labute approximate surface area is 169 Å². The summed E-state index contributed by atoms with van der Waals surface area (Å²) in [4.78, 5) is 16.8. The van der Waals surface area contributed by atoms with Crippen LogP contribution in [0.15, 0.2) is 42.5 Å². The first-order chi connectivity index (χ1) is 12.9. The molecule has 0 unspecified atom stereocenters. The number of piperazine rings is 1. The zero-order valence-corrected chi connectivity index (χ0v) is 16.7. The molecule has 1 atom stereocenters. The molecule has 0 bridgehead atoms. The molecule has 0 saturated carbocycles. The Morgan fingerprint density at radius 1 is 1.11 bits per heavy atom. The monoisotopic (exact) mass is 407 g/mol. The van der Waals surface area contributed by atoms with Gasteiger partial charge in [-0.05, 0) is 48.9 Å². The molecule has 1 aliphatic heterocycles. The maximum absolute atomic E-state index is 12.4. The molecule has 0 aromatic heterocycles. The standard InChI is InChI=1S/C20H23Cl2N3O2/c1-14(18-7-2-15(21)12-19(18)22)23-20(27)13-24-8-10-25(11-9-24)16-3-5-17(26)6-4-16/h2-7,12,14,26H,8-11,13H2,1H3,(H,23,27)/t14-/m0/s1. The van der Waals surface area contributed by atoms with E-state index >= 15 is 0 Å². The first-order valence-corrected chi connectivity index (χ1v) is 9.68. The van der Waals surface area contributed by atoms with Crippen molar-refractivity contribution in [2.24, 2.45) is 0 Å². The van der Waals surface area contributed by atoms with E-state index in [2.05, 4.69) is 15.1 Å². The van der Waals surface area contributed by atoms with Gasteiger partial charge in [-0.15, -0.1) is 0 Å². The Kier molecular flexibility index (Phi) is 6.47. The van der Waals surface area contributed by atoms with Crippen molar-refractivity contribution in [2.75, 3.05) is 37.6 Å². The van der Waals surface area contributed by atoms with Crippen molar-refractivity contribution in [1.82, 2.24) is 10.2 Å². The molecule has 1 fully saturated rings. The number of nitrogens with one attached hydrogen (secondary N) is 1. The number of aromatic hydroxyl groups is 1. The molecule has 2 aromatic carbocycles. The van der Waals surface area contributed by atoms with Gasteiger partial charge in [0.15, 0.2) is 0 Å². The van der Waals surface area contributed by atoms with Crippen molar-refractivity contribution in [1.29, 1.82) is 0 Å². The van der Waals surface area contributed by atoms with Crippen molar-refractivity contribution in [3.63, 3.8) is 0 Å². The van der Waals surface area contributed by atoms with E-state index in [4.69, 9.17) is 23.2 Å². The number of hydrogen-bond donors (Lipinski definition) is 2. The third kappa shape index (κ3) is 5.28. The molecule has 3 rings (SSSR count). The van der Waals surface area contributed by atoms with Gasteiger partial charge in [0, 0.05) is 41.9 Å². The van der Waals surface area contributed by atoms with E-state index in [9.17, 15) is 9.90 Å². The van der Waals surface area contributed by atoms with Crippen LogP contribution in [0.4, 0.5) is 5.69 Å². The number of phenolic OH excluding ortho intramolecular Hbond substituents is 1. The van der Waals surface area contributed by atoms with E-state index in [1.165, 1.54) is 0 Å². The molecular formula is C20H23Cl2N3O2. The van der Waals surface area contributed by atoms with Crippen molar-refractivity contribution in [3.8, 4) is 5.75 Å². The molecule has 1 saturated heterocycles. The number of carbonyl (C=O) groups is 1. The summed E-state index contributed by atoms with van der Waals surface area (Å²) < 4.78 is 0. The molecule has 5 nitrogen and oxygen atoms in total. The molecule has 7 heteroatoms. The highest BCUT2D eigenvalue weighted by Crippen LogP contribution is 2.26. The summed E-state index contributed by atoms with van der Waals surface area (Å²) in [5.74, 6) is 0.246. The number of carbonyl (C=O) groups excluding carboxylic acids is 1. The minimum atomic E-state index is -0.180. The van der Waals surface area contributed by atoms with Crippen LogP contribution in [0.5, 0.6) is 5.75 Å². The average Bonchev–Trinajstić information content (AvgIpc) is 2.63. The van der Waals surface area contributed by atoms with E-state index in [1.807, 2.05) is 25.1 Å². The first kappa shape index (κ1) is 19.8. The lowest BCUT2D eigenvalue weighted by Gasteiger charge is -2.35. The van der Waals surface area contributed by atoms with Gasteiger partial charge in [0.1, 0.15) is 5.75 Å². The fourth-order valence-electron chi connectivity index (χ4n) is 3.25. The zero-order valence-electron chi connectivity index (χ0n) is 15.2. The first-order valence-electron chi connectivity index (χ1n) is 8.93. The Hall–Kier alpha value is -1.95. The van der Waals surface area contributed by atoms with Gasteiger partial charge < -0.3 is 15.3 Å². The largest absolute Gasteiger partial charge is 0.508 e. The molecule has 2 N–H and O–H groups in total. The number of rotatable bonds is 5. The summed E-state index contributed by atoms with van der Waals surface area (Å²) in [6, 6.07) is 12.3. The van der Waals surface area contributed by atoms with E-state index < -0.39 is 0 Å². The van der Waals surface area contributed by atoms with Crippen LogP contribution in [0.2, 0.25) is 10.0 Å². The van der Waals surface area contributed by atoms with Crippen LogP contribution >= 0.6 is 23.2 Å². The van der Waals surface area contributed by atoms with Crippen LogP contribution in [0, 0.1) is 0 Å². The zero-order chi connectivity index (χ0) is 19.4. The molecule has 0 radical (unpaired) electrons. The van der Waals surface area contributed by atoms with Crippen LogP contribution < -0.4 is 10.2 Å². The third-order valence-electron chi connectivity index (χ3n) is 4.76. The third-order valence-corrected chi connectivity index (χ3v) is 5.32. The molecule has 27 heavy (non-hydrogen) atoms. The predicted octanol–water partition coefficient (Wildman–Crippen LogP) is 3.70. The molecule has 1 heterocycles. The summed E-state index contributed by atoms with van der Waals surface area (Å²) in [7, 11) is 0. The second-order valence-electron chi connectivity index (χ2n) is 6.73. The fraction of sp³-hybridized carbons (Fsp3) is 0.350. The Bertz CT molecular complexity index is 790. The molecule has 0 aliphatic carbocycles. The van der Waals surface area contributed by atoms with Crippen molar-refractivity contribution in [2.45, 2.75) is 13.0 Å². The van der Waals surface area contributed by atoms with Crippen LogP contribution in [-0.2, 0) is 4.79 Å². The van der Waals surface area contributed by atoms with Crippen molar-refractivity contribution in [3.05, 3.63) is 58.1 Å². The van der Waals surface area contributed by atoms with Crippen molar-refractivity contribution < 1.29 is 9.90 Å². The minimum absolute atomic E-state index is 0.0217. The summed E-state index contributed by atoms with van der Waals surface area (Å²) >= 11 is 12.1. The van der Waals surface area contributed by atoms with E-state index in [-0.39, 0.29) is 17.7 Å². The lowest BCUT2D eigenvalue weighted by molar-refractivity contribution is -0.123. The topological polar surface area (TPSA) is 55.8 Å². The Morgan fingerprint density at radius 2 is 1.78 bits per heavy atom. The highest BCUT2D eigenvalue weighted by Gasteiger charge is 2.20. The minimum Gasteiger partial charge on any atom is -0.508 e. The Morgan fingerprint density at radius 3 is 2.41 bits per heavy atom. The maximum atomic E-state index is 12.4. The van der Waals surface area contributed by atoms with Crippen LogP contribution in [0.25, 0.3) is 0 Å². The lowest BCUT2D eigenvalue weighted by Crippen LogP contribution is -2.49. The van der Waals surface area contributed by atoms with E-state index in [0.717, 1.165) is 37.4 Å². The van der Waals surface area contributed by atoms with Gasteiger partial charge in [0.25, 0.3) is 0 Å². The van der Waals surface area contributed by atoms with Crippen LogP contribution in [0.3, 0.4) is 0 Å². The van der Waals surface area contributed by atoms with Crippen molar-refractivity contribution >= 4 is 34.8 Å². The summed E-state index contributed by atoms with van der Waals surface area (Å²) in [6.45, 7) is 5.58. The number of nitrogens with zero attached hydrogens (tertiary/aromatic N) is 2. The normalized spacial score (nSPS) is 16.2. The van der Waals surface area contributed by atoms with Gasteiger partial charge >= 0.3 is 0 Å². The van der Waals surface area contributed by atoms with Gasteiger partial charge in [-0.1, -0.05) is 29.3 Å². The smallest absolute Gasteiger partial charge is 0.234 e. The highest BCUT2D eigenvalue weighted by molar-refractivity contribution is 6.35. The summed E-state index contributed by atoms with van der Waals surface area (Å²) in [5.41, 5.74) is 1.94. The molecule has 144 valence electrons. The van der Waals surface area contributed by atoms with E-state index in [0.29, 0.717) is 16.6 Å². The lowest BCUT2D eigenvalue weighted by atomic mass is 10.1. The highest BCUT2D eigenvalue weighted by atomic mass is 35.5. The number of benzene rings is 2. The maximum Gasteiger partial charge on any atom is 0.234 e. The summed E-state index contributed by atoms with van der Waals surface area (Å²) in [6.07, 6.45) is 0. The predicted molar refractivity (Wildman–Crippen MR) is 110 cm³/mol. The average molecular weight is 408 g/mol. The second-order valence-corrected chi connectivity index (χ2v) is 7.58. The van der Waals surface area contributed by atoms with Gasteiger partial charge in [0.05, 0.1) is 12.6 Å². The molecular weight excluding hydrogens is 385 g/mol. The molecule has 1 amide bonds. The SMILES string of the molecule is C[C@H](NC(=O)CN1CCN(c2ccc(O)cc2)CC1)c1ccc(Cl)cc1Cl. The van der Waals surface area contributed by atoms with Gasteiger partial charge in [-0.3, -0.25) is 9.69 Å². The number of halogens is 2. The fourth-order valence-corrected chi connectivity index (χ4v) is 3.82.